The lowest BCUT2D eigenvalue weighted by molar-refractivity contribution is 0.0225. The molecule has 1 fully saturated rings. The molecule has 1 atom stereocenters. The van der Waals surface area contributed by atoms with Crippen molar-refractivity contribution in [2.75, 3.05) is 6.61 Å². The molecule has 1 aliphatic rings. The standard InChI is InChI=1S/C17H20N2O4/c1-2-22-15-7-6-14(23-15)17(21)19-16(11-9-12(20)10-11)13-5-3-4-8-18-13/h3-8,11-12,16,20H,2,9-10H2,1H3,(H,19,21). The lowest BCUT2D eigenvalue weighted by Gasteiger charge is -2.37. The number of ether oxygens (including phenoxy) is 1. The summed E-state index contributed by atoms with van der Waals surface area (Å²) in [6, 6.07) is 8.57. The van der Waals surface area contributed by atoms with Crippen LogP contribution in [-0.2, 0) is 0 Å². The highest BCUT2D eigenvalue weighted by atomic mass is 16.6. The van der Waals surface area contributed by atoms with Gasteiger partial charge in [-0.3, -0.25) is 9.78 Å². The van der Waals surface area contributed by atoms with Crippen molar-refractivity contribution < 1.29 is 19.1 Å². The summed E-state index contributed by atoms with van der Waals surface area (Å²) in [5.41, 5.74) is 0.786. The molecule has 2 heterocycles. The molecule has 1 unspecified atom stereocenters. The van der Waals surface area contributed by atoms with Gasteiger partial charge in [-0.2, -0.15) is 0 Å². The Morgan fingerprint density at radius 2 is 2.26 bits per heavy atom. The van der Waals surface area contributed by atoms with E-state index in [1.807, 2.05) is 25.1 Å². The number of rotatable bonds is 6. The van der Waals surface area contributed by atoms with Crippen LogP contribution in [0.5, 0.6) is 5.95 Å². The number of hydrogen-bond donors (Lipinski definition) is 2. The third-order valence-electron chi connectivity index (χ3n) is 4.01. The van der Waals surface area contributed by atoms with Crippen LogP contribution >= 0.6 is 0 Å². The van der Waals surface area contributed by atoms with Crippen molar-refractivity contribution in [1.29, 1.82) is 0 Å². The molecule has 0 aliphatic heterocycles. The highest BCUT2D eigenvalue weighted by molar-refractivity contribution is 5.91. The topological polar surface area (TPSA) is 84.6 Å². The first-order valence-electron chi connectivity index (χ1n) is 7.80. The highest BCUT2D eigenvalue weighted by Gasteiger charge is 2.36. The fourth-order valence-electron chi connectivity index (χ4n) is 2.77. The number of amides is 1. The molecule has 1 aliphatic carbocycles. The van der Waals surface area contributed by atoms with Gasteiger partial charge in [-0.1, -0.05) is 6.07 Å². The van der Waals surface area contributed by atoms with E-state index in [1.165, 1.54) is 0 Å². The molecule has 1 amide bonds. The Morgan fingerprint density at radius 1 is 1.43 bits per heavy atom. The van der Waals surface area contributed by atoms with Gasteiger partial charge in [0.2, 0.25) is 0 Å². The molecule has 0 aromatic carbocycles. The molecule has 0 radical (unpaired) electrons. The Kier molecular flexibility index (Phi) is 4.62. The summed E-state index contributed by atoms with van der Waals surface area (Å²) in [7, 11) is 0. The van der Waals surface area contributed by atoms with E-state index in [2.05, 4.69) is 10.3 Å². The number of aromatic nitrogens is 1. The van der Waals surface area contributed by atoms with Crippen LogP contribution in [0.15, 0.2) is 40.9 Å². The zero-order chi connectivity index (χ0) is 16.2. The van der Waals surface area contributed by atoms with E-state index >= 15 is 0 Å². The highest BCUT2D eigenvalue weighted by Crippen LogP contribution is 2.37. The molecule has 0 saturated heterocycles. The SMILES string of the molecule is CCOc1ccc(C(=O)NC(c2ccccn2)C2CC(O)C2)o1. The third kappa shape index (κ3) is 3.53. The van der Waals surface area contributed by atoms with Gasteiger partial charge in [0.25, 0.3) is 11.9 Å². The lowest BCUT2D eigenvalue weighted by Crippen LogP contribution is -2.41. The number of nitrogens with one attached hydrogen (secondary N) is 1. The van der Waals surface area contributed by atoms with Crippen LogP contribution in [0.2, 0.25) is 0 Å². The van der Waals surface area contributed by atoms with E-state index in [9.17, 15) is 9.90 Å². The number of aliphatic hydroxyl groups excluding tert-OH is 1. The largest absolute Gasteiger partial charge is 0.465 e. The van der Waals surface area contributed by atoms with Crippen molar-refractivity contribution in [2.45, 2.75) is 31.9 Å². The fraction of sp³-hybridized carbons (Fsp3) is 0.412. The quantitative estimate of drug-likeness (QED) is 0.854. The number of pyridine rings is 1. The van der Waals surface area contributed by atoms with Crippen LogP contribution in [0.1, 0.15) is 42.1 Å². The predicted octanol–water partition coefficient (Wildman–Crippen LogP) is 2.32. The summed E-state index contributed by atoms with van der Waals surface area (Å²) in [5.74, 6) is 0.388. The third-order valence-corrected chi connectivity index (χ3v) is 4.01. The van der Waals surface area contributed by atoms with Gasteiger partial charge in [0.1, 0.15) is 0 Å². The number of aliphatic hydroxyl groups is 1. The van der Waals surface area contributed by atoms with Crippen LogP contribution in [-0.4, -0.2) is 28.7 Å². The molecule has 23 heavy (non-hydrogen) atoms. The van der Waals surface area contributed by atoms with E-state index in [4.69, 9.17) is 9.15 Å². The molecule has 3 rings (SSSR count). The Morgan fingerprint density at radius 3 is 2.91 bits per heavy atom. The normalized spacial score (nSPS) is 21.3. The second kappa shape index (κ2) is 6.83. The summed E-state index contributed by atoms with van der Waals surface area (Å²) in [5, 5.41) is 12.5. The first-order valence-corrected chi connectivity index (χ1v) is 7.80. The Hall–Kier alpha value is -2.34. The molecule has 6 heteroatoms. The van der Waals surface area contributed by atoms with Gasteiger partial charge >= 0.3 is 0 Å². The number of furan rings is 1. The number of carbonyl (C=O) groups is 1. The van der Waals surface area contributed by atoms with Crippen molar-refractivity contribution in [1.82, 2.24) is 10.3 Å². The van der Waals surface area contributed by atoms with Crippen molar-refractivity contribution in [3.05, 3.63) is 48.0 Å². The lowest BCUT2D eigenvalue weighted by atomic mass is 9.76. The fourth-order valence-corrected chi connectivity index (χ4v) is 2.77. The zero-order valence-electron chi connectivity index (χ0n) is 12.9. The maximum absolute atomic E-state index is 12.4. The number of nitrogens with zero attached hydrogens (tertiary/aromatic N) is 1. The molecular weight excluding hydrogens is 296 g/mol. The van der Waals surface area contributed by atoms with Crippen LogP contribution in [0, 0.1) is 5.92 Å². The van der Waals surface area contributed by atoms with E-state index in [-0.39, 0.29) is 29.7 Å². The minimum atomic E-state index is -0.312. The second-order valence-electron chi connectivity index (χ2n) is 5.64. The van der Waals surface area contributed by atoms with E-state index < -0.39 is 0 Å². The molecule has 0 spiro atoms. The average molecular weight is 316 g/mol. The zero-order valence-corrected chi connectivity index (χ0v) is 12.9. The van der Waals surface area contributed by atoms with E-state index in [0.29, 0.717) is 25.4 Å². The van der Waals surface area contributed by atoms with Crippen LogP contribution in [0.25, 0.3) is 0 Å². The van der Waals surface area contributed by atoms with Gasteiger partial charge in [0, 0.05) is 12.3 Å². The minimum Gasteiger partial charge on any atom is -0.465 e. The molecule has 1 saturated carbocycles. The Labute approximate surface area is 134 Å². The number of carbonyl (C=O) groups excluding carboxylic acids is 1. The molecule has 0 bridgehead atoms. The van der Waals surface area contributed by atoms with Crippen molar-refractivity contribution in [2.24, 2.45) is 5.92 Å². The van der Waals surface area contributed by atoms with Crippen molar-refractivity contribution in [3.8, 4) is 5.95 Å². The van der Waals surface area contributed by atoms with E-state index in [0.717, 1.165) is 5.69 Å². The van der Waals surface area contributed by atoms with Gasteiger partial charge in [0.05, 0.1) is 24.4 Å². The molecule has 2 aromatic rings. The van der Waals surface area contributed by atoms with Crippen molar-refractivity contribution in [3.63, 3.8) is 0 Å². The monoisotopic (exact) mass is 316 g/mol. The summed E-state index contributed by atoms with van der Waals surface area (Å²) in [6.07, 6.45) is 2.72. The minimum absolute atomic E-state index is 0.171. The van der Waals surface area contributed by atoms with Crippen LogP contribution < -0.4 is 10.1 Å². The summed E-state index contributed by atoms with van der Waals surface area (Å²) in [4.78, 5) is 16.8. The van der Waals surface area contributed by atoms with Gasteiger partial charge < -0.3 is 19.6 Å². The second-order valence-corrected chi connectivity index (χ2v) is 5.64. The van der Waals surface area contributed by atoms with Gasteiger partial charge in [0.15, 0.2) is 5.76 Å². The van der Waals surface area contributed by atoms with Gasteiger partial charge in [-0.25, -0.2) is 0 Å². The molecule has 2 aromatic heterocycles. The van der Waals surface area contributed by atoms with Crippen LogP contribution in [0.3, 0.4) is 0 Å². The van der Waals surface area contributed by atoms with Gasteiger partial charge in [-0.15, -0.1) is 0 Å². The molecule has 2 N–H and O–H groups in total. The first kappa shape index (κ1) is 15.6. The molecule has 122 valence electrons. The Balaban J connectivity index is 1.73. The van der Waals surface area contributed by atoms with Crippen molar-refractivity contribution >= 4 is 5.91 Å². The molecular formula is C17H20N2O4. The maximum atomic E-state index is 12.4. The maximum Gasteiger partial charge on any atom is 0.287 e. The van der Waals surface area contributed by atoms with Crippen LogP contribution in [0.4, 0.5) is 0 Å². The average Bonchev–Trinajstić information content (AvgIpc) is 3.00. The first-order chi connectivity index (χ1) is 11.2. The Bertz CT molecular complexity index is 650. The molecule has 6 nitrogen and oxygen atoms in total. The van der Waals surface area contributed by atoms with E-state index in [1.54, 1.807) is 18.3 Å². The number of hydrogen-bond acceptors (Lipinski definition) is 5. The summed E-state index contributed by atoms with van der Waals surface area (Å²) >= 11 is 0. The predicted molar refractivity (Wildman–Crippen MR) is 83.1 cm³/mol. The van der Waals surface area contributed by atoms with Gasteiger partial charge in [-0.05, 0) is 43.9 Å². The summed E-state index contributed by atoms with van der Waals surface area (Å²) < 4.78 is 10.6. The smallest absolute Gasteiger partial charge is 0.287 e. The summed E-state index contributed by atoms with van der Waals surface area (Å²) in [6.45, 7) is 2.33.